The van der Waals surface area contributed by atoms with E-state index in [0.29, 0.717) is 6.54 Å². The first-order valence-corrected chi connectivity index (χ1v) is 5.95. The summed E-state index contributed by atoms with van der Waals surface area (Å²) >= 11 is 0. The van der Waals surface area contributed by atoms with Gasteiger partial charge < -0.3 is 0 Å². The second-order valence-electron chi connectivity index (χ2n) is 4.06. The maximum absolute atomic E-state index is 10.5. The average Bonchev–Trinajstić information content (AvgIpc) is 2.38. The number of isocyanates is 2. The van der Waals surface area contributed by atoms with Gasteiger partial charge in [-0.15, -0.1) is 0 Å². The fourth-order valence-electron chi connectivity index (χ4n) is 1.89. The highest BCUT2D eigenvalue weighted by atomic mass is 16.1. The first-order valence-electron chi connectivity index (χ1n) is 5.95. The minimum Gasteiger partial charge on any atom is -0.211 e. The van der Waals surface area contributed by atoms with E-state index in [1.165, 1.54) is 6.08 Å². The largest absolute Gasteiger partial charge is 0.235 e. The molecule has 4 nitrogen and oxygen atoms in total. The van der Waals surface area contributed by atoms with Crippen molar-refractivity contribution in [2.24, 2.45) is 9.98 Å². The first-order chi connectivity index (χ1) is 8.79. The Bertz CT molecular complexity index is 472. The molecule has 0 N–H and O–H groups in total. The van der Waals surface area contributed by atoms with Gasteiger partial charge in [0, 0.05) is 0 Å². The van der Waals surface area contributed by atoms with Crippen molar-refractivity contribution in [1.82, 2.24) is 0 Å². The molecule has 0 aliphatic rings. The molecule has 1 aromatic carbocycles. The fraction of sp³-hybridized carbons (Fsp3) is 0.429. The molecular formula is C14H16N2O2. The second-order valence-corrected chi connectivity index (χ2v) is 4.06. The molecule has 0 bridgehead atoms. The molecule has 0 aromatic heterocycles. The highest BCUT2D eigenvalue weighted by molar-refractivity contribution is 5.37. The number of aliphatic imine (C=N–C) groups is 2. The standard InChI is InChI=1S/C14H16N2O2/c1-12-6-2-3-7-13(12)14(16-11-18)8-4-5-9-15-10-17/h2-3,6-7,14H,4-5,8-9H2,1H3. The minimum atomic E-state index is -0.149. The van der Waals surface area contributed by atoms with Crippen LogP contribution in [-0.4, -0.2) is 18.7 Å². The van der Waals surface area contributed by atoms with Crippen LogP contribution in [0.5, 0.6) is 0 Å². The van der Waals surface area contributed by atoms with Crippen LogP contribution in [-0.2, 0) is 9.59 Å². The van der Waals surface area contributed by atoms with E-state index in [4.69, 9.17) is 0 Å². The third kappa shape index (κ3) is 4.46. The molecule has 0 spiro atoms. The van der Waals surface area contributed by atoms with Crippen LogP contribution < -0.4 is 0 Å². The Hall–Kier alpha value is -2.02. The zero-order chi connectivity index (χ0) is 13.2. The normalized spacial score (nSPS) is 11.2. The van der Waals surface area contributed by atoms with Crippen molar-refractivity contribution in [1.29, 1.82) is 0 Å². The van der Waals surface area contributed by atoms with Gasteiger partial charge >= 0.3 is 0 Å². The van der Waals surface area contributed by atoms with Crippen molar-refractivity contribution < 1.29 is 9.59 Å². The molecule has 1 atom stereocenters. The lowest BCUT2D eigenvalue weighted by atomic mass is 9.97. The Morgan fingerprint density at radius 1 is 1.17 bits per heavy atom. The van der Waals surface area contributed by atoms with Crippen LogP contribution in [0.2, 0.25) is 0 Å². The lowest BCUT2D eigenvalue weighted by Gasteiger charge is -2.13. The van der Waals surface area contributed by atoms with E-state index in [2.05, 4.69) is 9.98 Å². The SMILES string of the molecule is Cc1ccccc1C(CCCCN=C=O)N=C=O. The average molecular weight is 244 g/mol. The molecule has 94 valence electrons. The number of nitrogens with zero attached hydrogens (tertiary/aromatic N) is 2. The van der Waals surface area contributed by atoms with Crippen molar-refractivity contribution in [3.63, 3.8) is 0 Å². The summed E-state index contributed by atoms with van der Waals surface area (Å²) in [6, 6.07) is 7.72. The molecule has 0 aliphatic heterocycles. The number of aryl methyl sites for hydroxylation is 1. The Morgan fingerprint density at radius 3 is 2.61 bits per heavy atom. The highest BCUT2D eigenvalue weighted by Gasteiger charge is 2.11. The van der Waals surface area contributed by atoms with Gasteiger partial charge in [0.25, 0.3) is 0 Å². The van der Waals surface area contributed by atoms with Crippen LogP contribution in [0, 0.1) is 6.92 Å². The van der Waals surface area contributed by atoms with Crippen molar-refractivity contribution in [2.45, 2.75) is 32.2 Å². The molecule has 4 heteroatoms. The van der Waals surface area contributed by atoms with Gasteiger partial charge in [-0.3, -0.25) is 0 Å². The van der Waals surface area contributed by atoms with E-state index in [1.54, 1.807) is 6.08 Å². The van der Waals surface area contributed by atoms with Crippen LogP contribution in [0.15, 0.2) is 34.3 Å². The Labute approximate surface area is 106 Å². The Kier molecular flexibility index (Phi) is 6.34. The third-order valence-corrected chi connectivity index (χ3v) is 2.82. The van der Waals surface area contributed by atoms with E-state index in [-0.39, 0.29) is 6.04 Å². The van der Waals surface area contributed by atoms with Gasteiger partial charge in [0.1, 0.15) is 0 Å². The summed E-state index contributed by atoms with van der Waals surface area (Å²) in [5.41, 5.74) is 2.17. The third-order valence-electron chi connectivity index (χ3n) is 2.82. The number of benzene rings is 1. The zero-order valence-corrected chi connectivity index (χ0v) is 10.4. The highest BCUT2D eigenvalue weighted by Crippen LogP contribution is 2.25. The summed E-state index contributed by atoms with van der Waals surface area (Å²) in [6.45, 7) is 2.48. The number of hydrogen-bond acceptors (Lipinski definition) is 4. The summed E-state index contributed by atoms with van der Waals surface area (Å²) in [6.07, 6.45) is 5.56. The predicted octanol–water partition coefficient (Wildman–Crippen LogP) is 2.88. The van der Waals surface area contributed by atoms with E-state index < -0.39 is 0 Å². The first kappa shape index (κ1) is 14.0. The quantitative estimate of drug-likeness (QED) is 0.420. The summed E-state index contributed by atoms with van der Waals surface area (Å²) < 4.78 is 0. The topological polar surface area (TPSA) is 58.9 Å². The molecule has 1 rings (SSSR count). The van der Waals surface area contributed by atoms with Crippen LogP contribution in [0.3, 0.4) is 0 Å². The van der Waals surface area contributed by atoms with Gasteiger partial charge in [-0.25, -0.2) is 14.6 Å². The predicted molar refractivity (Wildman–Crippen MR) is 68.9 cm³/mol. The molecule has 0 saturated carbocycles. The van der Waals surface area contributed by atoms with E-state index in [9.17, 15) is 9.59 Å². The van der Waals surface area contributed by atoms with Crippen molar-refractivity contribution in [3.05, 3.63) is 35.4 Å². The molecule has 1 aromatic rings. The number of rotatable bonds is 7. The molecule has 0 amide bonds. The molecule has 0 radical (unpaired) electrons. The summed E-state index contributed by atoms with van der Waals surface area (Å²) in [4.78, 5) is 27.7. The van der Waals surface area contributed by atoms with Crippen LogP contribution >= 0.6 is 0 Å². The molecule has 18 heavy (non-hydrogen) atoms. The Balaban J connectivity index is 2.63. The second kappa shape index (κ2) is 8.13. The van der Waals surface area contributed by atoms with Crippen molar-refractivity contribution in [2.75, 3.05) is 6.54 Å². The lowest BCUT2D eigenvalue weighted by molar-refractivity contribution is 0.544. The molecule has 1 unspecified atom stereocenters. The molecule has 0 aliphatic carbocycles. The maximum Gasteiger partial charge on any atom is 0.235 e. The van der Waals surface area contributed by atoms with E-state index in [1.807, 2.05) is 31.2 Å². The monoisotopic (exact) mass is 244 g/mol. The molecule has 0 fully saturated rings. The summed E-state index contributed by atoms with van der Waals surface area (Å²) in [7, 11) is 0. The van der Waals surface area contributed by atoms with Gasteiger partial charge in [-0.05, 0) is 37.3 Å². The van der Waals surface area contributed by atoms with Crippen LogP contribution in [0.1, 0.15) is 36.4 Å². The number of unbranched alkanes of at least 4 members (excludes halogenated alkanes) is 1. The minimum absolute atomic E-state index is 0.149. The number of hydrogen-bond donors (Lipinski definition) is 0. The van der Waals surface area contributed by atoms with E-state index >= 15 is 0 Å². The van der Waals surface area contributed by atoms with Crippen molar-refractivity contribution in [3.8, 4) is 0 Å². The lowest BCUT2D eigenvalue weighted by Crippen LogP contribution is -1.99. The zero-order valence-electron chi connectivity index (χ0n) is 10.4. The van der Waals surface area contributed by atoms with Crippen LogP contribution in [0.25, 0.3) is 0 Å². The fourth-order valence-corrected chi connectivity index (χ4v) is 1.89. The summed E-state index contributed by atoms with van der Waals surface area (Å²) in [5.74, 6) is 0. The smallest absolute Gasteiger partial charge is 0.211 e. The van der Waals surface area contributed by atoms with E-state index in [0.717, 1.165) is 30.4 Å². The molecule has 0 saturated heterocycles. The summed E-state index contributed by atoms with van der Waals surface area (Å²) in [5, 5.41) is 0. The number of carbonyl (C=O) groups excluding carboxylic acids is 2. The van der Waals surface area contributed by atoms with Gasteiger partial charge in [-0.1, -0.05) is 24.3 Å². The molecular weight excluding hydrogens is 228 g/mol. The van der Waals surface area contributed by atoms with Gasteiger partial charge in [0.15, 0.2) is 0 Å². The van der Waals surface area contributed by atoms with Crippen LogP contribution in [0.4, 0.5) is 0 Å². The van der Waals surface area contributed by atoms with Gasteiger partial charge in [0.05, 0.1) is 12.6 Å². The van der Waals surface area contributed by atoms with Gasteiger partial charge in [0.2, 0.25) is 12.2 Å². The maximum atomic E-state index is 10.5. The van der Waals surface area contributed by atoms with Crippen molar-refractivity contribution >= 4 is 12.2 Å². The van der Waals surface area contributed by atoms with Gasteiger partial charge in [-0.2, -0.15) is 4.99 Å². The Morgan fingerprint density at radius 2 is 1.94 bits per heavy atom. The molecule has 0 heterocycles.